The molecule has 1 rings (SSSR count). The van der Waals surface area contributed by atoms with Crippen molar-refractivity contribution in [3.63, 3.8) is 0 Å². The van der Waals surface area contributed by atoms with E-state index >= 15 is 0 Å². The van der Waals surface area contributed by atoms with Crippen LogP contribution in [0.15, 0.2) is 0 Å². The van der Waals surface area contributed by atoms with E-state index < -0.39 is 0 Å². The van der Waals surface area contributed by atoms with Gasteiger partial charge in [0.05, 0.1) is 0 Å². The van der Waals surface area contributed by atoms with Gasteiger partial charge in [-0.05, 0) is 14.0 Å². The predicted molar refractivity (Wildman–Crippen MR) is 58.1 cm³/mol. The quantitative estimate of drug-likeness (QED) is 0.472. The molecule has 1 fully saturated rings. The molecule has 1 radical (unpaired) electrons. The monoisotopic (exact) mass is 165 g/mol. The summed E-state index contributed by atoms with van der Waals surface area (Å²) in [4.78, 5) is 0. The highest BCUT2D eigenvalue weighted by Gasteiger charge is 2.31. The molecule has 0 N–H and O–H groups in total. The van der Waals surface area contributed by atoms with E-state index in [4.69, 9.17) is 0 Å². The van der Waals surface area contributed by atoms with Gasteiger partial charge in [0.25, 0.3) is 14.0 Å². The lowest BCUT2D eigenvalue weighted by Crippen LogP contribution is -2.72. The SMILES string of the molecule is CB1N(C)B(C)N(C)[B-](C)N1C. The van der Waals surface area contributed by atoms with Gasteiger partial charge in [0.1, 0.15) is 0 Å². The van der Waals surface area contributed by atoms with Crippen LogP contribution in [0.3, 0.4) is 0 Å². The minimum Gasteiger partial charge on any atom is -0.520 e. The van der Waals surface area contributed by atoms with Crippen LogP contribution in [-0.2, 0) is 0 Å². The van der Waals surface area contributed by atoms with Gasteiger partial charge in [0, 0.05) is 0 Å². The van der Waals surface area contributed by atoms with Crippen molar-refractivity contribution in [3.05, 3.63) is 0 Å². The van der Waals surface area contributed by atoms with Crippen molar-refractivity contribution in [1.82, 2.24) is 14.2 Å². The molecule has 0 amide bonds. The molecule has 1 saturated heterocycles. The molecule has 0 unspecified atom stereocenters. The van der Waals surface area contributed by atoms with Crippen molar-refractivity contribution in [1.29, 1.82) is 0 Å². The Labute approximate surface area is 77.4 Å². The van der Waals surface area contributed by atoms with Crippen molar-refractivity contribution < 1.29 is 0 Å². The molecule has 12 heavy (non-hydrogen) atoms. The fourth-order valence-corrected chi connectivity index (χ4v) is 1.80. The number of hydrogen-bond acceptors (Lipinski definition) is 3. The predicted octanol–water partition coefficient (Wildman–Crippen LogP) is 0.149. The molecule has 0 aromatic carbocycles. The first-order valence-electron chi connectivity index (χ1n) is 4.62. The summed E-state index contributed by atoms with van der Waals surface area (Å²) in [6.07, 6.45) is 0. The van der Waals surface area contributed by atoms with Gasteiger partial charge in [-0.3, -0.25) is 0 Å². The van der Waals surface area contributed by atoms with Crippen molar-refractivity contribution in [2.75, 3.05) is 21.1 Å². The number of rotatable bonds is 0. The molecule has 0 aliphatic carbocycles. The highest BCUT2D eigenvalue weighted by Crippen LogP contribution is 2.13. The molecule has 67 valence electrons. The molecule has 1 aliphatic rings. The molecule has 1 heterocycles. The zero-order valence-electron chi connectivity index (χ0n) is 9.07. The highest BCUT2D eigenvalue weighted by atomic mass is 15.3. The van der Waals surface area contributed by atoms with Crippen LogP contribution in [0.1, 0.15) is 0 Å². The molecule has 0 aromatic rings. The van der Waals surface area contributed by atoms with Crippen molar-refractivity contribution >= 4 is 20.9 Å². The van der Waals surface area contributed by atoms with Crippen LogP contribution in [-0.4, -0.2) is 56.3 Å². The Hall–Kier alpha value is 0.0748. The van der Waals surface area contributed by atoms with Crippen LogP contribution >= 0.6 is 0 Å². The minimum absolute atomic E-state index is 0.534. The van der Waals surface area contributed by atoms with E-state index in [1.807, 2.05) is 0 Å². The summed E-state index contributed by atoms with van der Waals surface area (Å²) in [6.45, 7) is 8.35. The maximum Gasteiger partial charge on any atom is 0.255 e. The third-order valence-electron chi connectivity index (χ3n) is 3.54. The normalized spacial score (nSPS) is 25.5. The molecule has 0 atom stereocenters. The second-order valence-corrected chi connectivity index (χ2v) is 3.89. The van der Waals surface area contributed by atoms with Crippen molar-refractivity contribution in [2.45, 2.75) is 20.5 Å². The van der Waals surface area contributed by atoms with E-state index in [2.05, 4.69) is 55.8 Å². The summed E-state index contributed by atoms with van der Waals surface area (Å²) < 4.78 is 7.12. The van der Waals surface area contributed by atoms with Gasteiger partial charge < -0.3 is 14.2 Å². The summed E-state index contributed by atoms with van der Waals surface area (Å²) >= 11 is 0. The Morgan fingerprint density at radius 3 is 1.58 bits per heavy atom. The fraction of sp³-hybridized carbons (Fsp3) is 1.00. The first kappa shape index (κ1) is 10.2. The van der Waals surface area contributed by atoms with Gasteiger partial charge in [-0.1, -0.05) is 27.7 Å². The summed E-state index contributed by atoms with van der Waals surface area (Å²) in [5.41, 5.74) is 0. The molecular formula is C6H18B3N3-. The Morgan fingerprint density at radius 2 is 1.25 bits per heavy atom. The van der Waals surface area contributed by atoms with Crippen LogP contribution in [0.4, 0.5) is 0 Å². The lowest BCUT2D eigenvalue weighted by molar-refractivity contribution is 0.545. The summed E-state index contributed by atoms with van der Waals surface area (Å²) in [6, 6.07) is 0. The zero-order valence-corrected chi connectivity index (χ0v) is 9.07. The Kier molecular flexibility index (Phi) is 2.91. The average molecular weight is 165 g/mol. The summed E-state index contributed by atoms with van der Waals surface area (Å²) in [7, 11) is 6.52. The second kappa shape index (κ2) is 3.44. The Morgan fingerprint density at radius 1 is 0.917 bits per heavy atom. The van der Waals surface area contributed by atoms with Crippen molar-refractivity contribution in [2.24, 2.45) is 0 Å². The summed E-state index contributed by atoms with van der Waals surface area (Å²) in [5, 5.41) is 0. The zero-order chi connectivity index (χ0) is 9.46. The van der Waals surface area contributed by atoms with Crippen molar-refractivity contribution in [3.8, 4) is 0 Å². The topological polar surface area (TPSA) is 9.72 Å². The van der Waals surface area contributed by atoms with Gasteiger partial charge in [0.2, 0.25) is 0 Å². The summed E-state index contributed by atoms with van der Waals surface area (Å²) in [5.74, 6) is 0. The van der Waals surface area contributed by atoms with E-state index in [0.717, 1.165) is 0 Å². The van der Waals surface area contributed by atoms with Gasteiger partial charge in [-0.2, -0.15) is 6.82 Å². The average Bonchev–Trinajstić information content (AvgIpc) is 2.08. The first-order valence-corrected chi connectivity index (χ1v) is 4.62. The van der Waals surface area contributed by atoms with Gasteiger partial charge in [0.15, 0.2) is 0 Å². The number of hydrogen-bond donors (Lipinski definition) is 0. The third kappa shape index (κ3) is 1.43. The molecule has 6 heteroatoms. The molecule has 3 nitrogen and oxygen atoms in total. The van der Waals surface area contributed by atoms with E-state index in [1.165, 1.54) is 0 Å². The van der Waals surface area contributed by atoms with E-state index in [0.29, 0.717) is 20.9 Å². The Balaban J connectivity index is 2.76. The van der Waals surface area contributed by atoms with E-state index in [1.54, 1.807) is 0 Å². The molecule has 1 aliphatic heterocycles. The highest BCUT2D eigenvalue weighted by molar-refractivity contribution is 6.84. The molecule has 0 bridgehead atoms. The lowest BCUT2D eigenvalue weighted by atomic mass is 9.46. The Bertz CT molecular complexity index is 110. The van der Waals surface area contributed by atoms with Crippen LogP contribution in [0.5, 0.6) is 0 Å². The number of nitrogens with zero attached hydrogens (tertiary/aromatic N) is 3. The second-order valence-electron chi connectivity index (χ2n) is 3.89. The van der Waals surface area contributed by atoms with Crippen LogP contribution < -0.4 is 0 Å². The fourth-order valence-electron chi connectivity index (χ4n) is 1.80. The van der Waals surface area contributed by atoms with E-state index in [9.17, 15) is 0 Å². The van der Waals surface area contributed by atoms with E-state index in [-0.39, 0.29) is 0 Å². The van der Waals surface area contributed by atoms with Gasteiger partial charge >= 0.3 is 0 Å². The minimum atomic E-state index is 0.534. The van der Waals surface area contributed by atoms with Gasteiger partial charge in [-0.15, -0.1) is 0 Å². The molecular weight excluding hydrogens is 147 g/mol. The van der Waals surface area contributed by atoms with Gasteiger partial charge in [-0.25, -0.2) is 0 Å². The smallest absolute Gasteiger partial charge is 0.255 e. The van der Waals surface area contributed by atoms with Crippen LogP contribution in [0.2, 0.25) is 20.5 Å². The lowest BCUT2D eigenvalue weighted by Gasteiger charge is -2.58. The molecule has 0 spiro atoms. The molecule has 0 aromatic heterocycles. The maximum absolute atomic E-state index is 2.38. The van der Waals surface area contributed by atoms with Crippen LogP contribution in [0, 0.1) is 0 Å². The maximum atomic E-state index is 2.38. The standard InChI is InChI=1S/C6H18B3N3/c1-7-10(4)8(2)12(6)9(3)11(7)5/h1-6H3/q-1. The molecule has 0 saturated carbocycles. The first-order chi connectivity index (χ1) is 5.46. The third-order valence-corrected chi connectivity index (χ3v) is 3.54. The largest absolute Gasteiger partial charge is 0.520 e. The van der Waals surface area contributed by atoms with Crippen LogP contribution in [0.25, 0.3) is 0 Å².